The summed E-state index contributed by atoms with van der Waals surface area (Å²) >= 11 is 0. The van der Waals surface area contributed by atoms with E-state index in [1.807, 2.05) is 6.92 Å². The van der Waals surface area contributed by atoms with Crippen LogP contribution in [0, 0.1) is 0 Å². The Labute approximate surface area is 68.9 Å². The molecule has 0 aliphatic heterocycles. The summed E-state index contributed by atoms with van der Waals surface area (Å²) in [4.78, 5) is 14.2. The van der Waals surface area contributed by atoms with Gasteiger partial charge in [-0.2, -0.15) is 4.98 Å². The van der Waals surface area contributed by atoms with E-state index in [-0.39, 0.29) is 17.8 Å². The highest BCUT2D eigenvalue weighted by Gasteiger charge is 2.15. The number of hydrogen-bond donors (Lipinski definition) is 2. The highest BCUT2D eigenvalue weighted by molar-refractivity contribution is 5.88. The third kappa shape index (κ3) is 1.59. The Morgan fingerprint density at radius 1 is 1.75 bits per heavy atom. The molecule has 0 aliphatic rings. The zero-order valence-electron chi connectivity index (χ0n) is 6.65. The summed E-state index contributed by atoms with van der Waals surface area (Å²) in [5.74, 6) is -0.603. The molecule has 12 heavy (non-hydrogen) atoms. The average Bonchev–Trinajstić information content (AvgIpc) is 2.51. The van der Waals surface area contributed by atoms with Crippen LogP contribution in [0.4, 0.5) is 0 Å². The second-order valence-electron chi connectivity index (χ2n) is 2.34. The van der Waals surface area contributed by atoms with Crippen molar-refractivity contribution in [2.24, 2.45) is 11.5 Å². The van der Waals surface area contributed by atoms with E-state index in [9.17, 15) is 4.79 Å². The Kier molecular flexibility index (Phi) is 2.39. The zero-order chi connectivity index (χ0) is 9.14. The Hall–Kier alpha value is -1.43. The first-order chi connectivity index (χ1) is 5.65. The van der Waals surface area contributed by atoms with Gasteiger partial charge in [0.05, 0.1) is 6.04 Å². The lowest BCUT2D eigenvalue weighted by Gasteiger charge is -1.98. The number of primary amides is 1. The molecule has 1 atom stereocenters. The third-order valence-electron chi connectivity index (χ3n) is 1.42. The standard InChI is InChI=1S/C6H10N4O2/c1-2-3(7)6-9-5(4(8)11)10-12-6/h3H,2,7H2,1H3,(H2,8,11)/t3-/m0/s1. The lowest BCUT2D eigenvalue weighted by molar-refractivity contribution is 0.0987. The van der Waals surface area contributed by atoms with Gasteiger partial charge < -0.3 is 16.0 Å². The monoisotopic (exact) mass is 170 g/mol. The molecule has 6 heteroatoms. The van der Waals surface area contributed by atoms with Crippen molar-refractivity contribution in [3.05, 3.63) is 11.7 Å². The molecule has 0 saturated heterocycles. The van der Waals surface area contributed by atoms with Crippen molar-refractivity contribution in [2.45, 2.75) is 19.4 Å². The van der Waals surface area contributed by atoms with Crippen LogP contribution >= 0.6 is 0 Å². The minimum absolute atomic E-state index is 0.131. The predicted molar refractivity (Wildman–Crippen MR) is 40.0 cm³/mol. The maximum atomic E-state index is 10.5. The Balaban J connectivity index is 2.84. The van der Waals surface area contributed by atoms with Gasteiger partial charge in [-0.1, -0.05) is 12.1 Å². The molecular weight excluding hydrogens is 160 g/mol. The summed E-state index contributed by atoms with van der Waals surface area (Å²) in [7, 11) is 0. The molecule has 0 bridgehead atoms. The number of amides is 1. The summed E-state index contributed by atoms with van der Waals surface area (Å²) in [5, 5.41) is 3.34. The maximum Gasteiger partial charge on any atom is 0.290 e. The van der Waals surface area contributed by atoms with Crippen LogP contribution in [0.3, 0.4) is 0 Å². The molecule has 0 aromatic carbocycles. The van der Waals surface area contributed by atoms with Gasteiger partial charge in [-0.05, 0) is 6.42 Å². The summed E-state index contributed by atoms with van der Waals surface area (Å²) in [6.45, 7) is 1.87. The van der Waals surface area contributed by atoms with Gasteiger partial charge in [0, 0.05) is 0 Å². The quantitative estimate of drug-likeness (QED) is 0.640. The van der Waals surface area contributed by atoms with Crippen molar-refractivity contribution in [3.63, 3.8) is 0 Å². The van der Waals surface area contributed by atoms with Gasteiger partial charge in [0.2, 0.25) is 5.89 Å². The second-order valence-corrected chi connectivity index (χ2v) is 2.34. The van der Waals surface area contributed by atoms with Crippen molar-refractivity contribution in [3.8, 4) is 0 Å². The molecule has 1 rings (SSSR count). The van der Waals surface area contributed by atoms with Gasteiger partial charge >= 0.3 is 0 Å². The average molecular weight is 170 g/mol. The van der Waals surface area contributed by atoms with Crippen LogP contribution in [0.1, 0.15) is 35.9 Å². The number of carbonyl (C=O) groups is 1. The summed E-state index contributed by atoms with van der Waals surface area (Å²) in [5.41, 5.74) is 10.5. The van der Waals surface area contributed by atoms with Crippen molar-refractivity contribution >= 4 is 5.91 Å². The smallest absolute Gasteiger partial charge is 0.290 e. The van der Waals surface area contributed by atoms with E-state index in [2.05, 4.69) is 10.1 Å². The Bertz CT molecular complexity index is 283. The molecule has 0 fully saturated rings. The number of nitrogens with zero attached hydrogens (tertiary/aromatic N) is 2. The summed E-state index contributed by atoms with van der Waals surface area (Å²) < 4.78 is 4.69. The van der Waals surface area contributed by atoms with Gasteiger partial charge in [0.1, 0.15) is 0 Å². The first-order valence-electron chi connectivity index (χ1n) is 3.54. The van der Waals surface area contributed by atoms with Crippen molar-refractivity contribution < 1.29 is 9.32 Å². The van der Waals surface area contributed by atoms with Crippen LogP contribution in [0.2, 0.25) is 0 Å². The molecule has 1 aromatic heterocycles. The molecule has 0 saturated carbocycles. The zero-order valence-corrected chi connectivity index (χ0v) is 6.65. The second kappa shape index (κ2) is 3.31. The minimum atomic E-state index is -0.715. The predicted octanol–water partition coefficient (Wildman–Crippen LogP) is -0.422. The largest absolute Gasteiger partial charge is 0.363 e. The fraction of sp³-hybridized carbons (Fsp3) is 0.500. The molecule has 1 aromatic rings. The molecule has 4 N–H and O–H groups in total. The highest BCUT2D eigenvalue weighted by atomic mass is 16.5. The van der Waals surface area contributed by atoms with E-state index in [0.717, 1.165) is 0 Å². The van der Waals surface area contributed by atoms with Gasteiger partial charge in [-0.25, -0.2) is 0 Å². The van der Waals surface area contributed by atoms with E-state index in [1.165, 1.54) is 0 Å². The number of carbonyl (C=O) groups excluding carboxylic acids is 1. The molecule has 66 valence electrons. The van der Waals surface area contributed by atoms with Gasteiger partial charge in [0.25, 0.3) is 11.7 Å². The number of aromatic nitrogens is 2. The van der Waals surface area contributed by atoms with Gasteiger partial charge in [-0.15, -0.1) is 0 Å². The Morgan fingerprint density at radius 2 is 2.42 bits per heavy atom. The number of hydrogen-bond acceptors (Lipinski definition) is 5. The molecule has 0 aliphatic carbocycles. The van der Waals surface area contributed by atoms with E-state index >= 15 is 0 Å². The SMILES string of the molecule is CC[C@H](N)c1nc(C(N)=O)no1. The maximum absolute atomic E-state index is 10.5. The fourth-order valence-corrected chi connectivity index (χ4v) is 0.661. The topological polar surface area (TPSA) is 108 Å². The Morgan fingerprint density at radius 3 is 2.83 bits per heavy atom. The van der Waals surface area contributed by atoms with Crippen molar-refractivity contribution in [1.82, 2.24) is 10.1 Å². The lowest BCUT2D eigenvalue weighted by Crippen LogP contribution is -2.14. The minimum Gasteiger partial charge on any atom is -0.363 e. The third-order valence-corrected chi connectivity index (χ3v) is 1.42. The van der Waals surface area contributed by atoms with Crippen LogP contribution in [0.25, 0.3) is 0 Å². The molecule has 6 nitrogen and oxygen atoms in total. The fourth-order valence-electron chi connectivity index (χ4n) is 0.661. The van der Waals surface area contributed by atoms with Crippen LogP contribution < -0.4 is 11.5 Å². The molecule has 1 heterocycles. The van der Waals surface area contributed by atoms with E-state index in [0.29, 0.717) is 6.42 Å². The summed E-state index contributed by atoms with van der Waals surface area (Å²) in [6, 6.07) is -0.328. The van der Waals surface area contributed by atoms with E-state index in [4.69, 9.17) is 16.0 Å². The summed E-state index contributed by atoms with van der Waals surface area (Å²) in [6.07, 6.45) is 0.667. The molecule has 0 radical (unpaired) electrons. The van der Waals surface area contributed by atoms with Gasteiger partial charge in [-0.3, -0.25) is 4.79 Å². The first-order valence-corrected chi connectivity index (χ1v) is 3.54. The first kappa shape index (κ1) is 8.66. The van der Waals surface area contributed by atoms with Gasteiger partial charge in [0.15, 0.2) is 0 Å². The van der Waals surface area contributed by atoms with Crippen LogP contribution in [0.15, 0.2) is 4.52 Å². The number of rotatable bonds is 3. The molecule has 0 unspecified atom stereocenters. The molecular formula is C6H10N4O2. The highest BCUT2D eigenvalue weighted by Crippen LogP contribution is 2.09. The lowest BCUT2D eigenvalue weighted by atomic mass is 10.2. The molecule has 0 spiro atoms. The van der Waals surface area contributed by atoms with Crippen molar-refractivity contribution in [1.29, 1.82) is 0 Å². The normalized spacial score (nSPS) is 12.8. The van der Waals surface area contributed by atoms with Crippen molar-refractivity contribution in [2.75, 3.05) is 0 Å². The van der Waals surface area contributed by atoms with E-state index in [1.54, 1.807) is 0 Å². The number of nitrogens with two attached hydrogens (primary N) is 2. The van der Waals surface area contributed by atoms with Crippen LogP contribution in [-0.4, -0.2) is 16.0 Å². The van der Waals surface area contributed by atoms with Crippen LogP contribution in [-0.2, 0) is 0 Å². The molecule has 1 amide bonds. The van der Waals surface area contributed by atoms with E-state index < -0.39 is 5.91 Å². The van der Waals surface area contributed by atoms with Crippen LogP contribution in [0.5, 0.6) is 0 Å².